The number of H-pyrrole nitrogens is 1. The van der Waals surface area contributed by atoms with Crippen molar-refractivity contribution in [2.75, 3.05) is 0 Å². The zero-order valence-electron chi connectivity index (χ0n) is 19.1. The second kappa shape index (κ2) is 8.86. The van der Waals surface area contributed by atoms with Gasteiger partial charge in [0.05, 0.1) is 6.10 Å². The fourth-order valence-corrected chi connectivity index (χ4v) is 5.18. The molecule has 3 N–H and O–H groups in total. The van der Waals surface area contributed by atoms with Crippen molar-refractivity contribution in [1.29, 1.82) is 0 Å². The summed E-state index contributed by atoms with van der Waals surface area (Å²) in [7, 11) is 0. The van der Waals surface area contributed by atoms with Crippen molar-refractivity contribution in [3.05, 3.63) is 75.0 Å². The fraction of sp³-hybridized carbons (Fsp3) is 0.423. The lowest BCUT2D eigenvalue weighted by Crippen LogP contribution is -2.49. The van der Waals surface area contributed by atoms with Gasteiger partial charge in [-0.05, 0) is 86.7 Å². The van der Waals surface area contributed by atoms with E-state index in [-0.39, 0.29) is 22.8 Å². The van der Waals surface area contributed by atoms with Crippen LogP contribution in [0.4, 0.5) is 13.2 Å². The highest BCUT2D eigenvalue weighted by Gasteiger charge is 2.44. The lowest BCUT2D eigenvalue weighted by molar-refractivity contribution is 0.101. The molecule has 0 amide bonds. The van der Waals surface area contributed by atoms with Crippen molar-refractivity contribution in [2.45, 2.75) is 70.4 Å². The number of nitrogens with one attached hydrogen (secondary N) is 1. The van der Waals surface area contributed by atoms with E-state index in [1.54, 1.807) is 6.20 Å². The Bertz CT molecular complexity index is 1250. The van der Waals surface area contributed by atoms with E-state index in [0.717, 1.165) is 17.0 Å². The number of aromatic nitrogens is 1. The number of hydrogen-bond acceptors (Lipinski definition) is 3. The Hall–Kier alpha value is -2.80. The molecule has 4 nitrogen and oxygen atoms in total. The van der Waals surface area contributed by atoms with Gasteiger partial charge >= 0.3 is 0 Å². The quantitative estimate of drug-likeness (QED) is 0.492. The Morgan fingerprint density at radius 1 is 1.15 bits per heavy atom. The average Bonchev–Trinajstić information content (AvgIpc) is 2.81. The number of aromatic amines is 1. The van der Waals surface area contributed by atoms with E-state index < -0.39 is 28.9 Å². The summed E-state index contributed by atoms with van der Waals surface area (Å²) in [6.07, 6.45) is 4.25. The van der Waals surface area contributed by atoms with Crippen molar-refractivity contribution in [3.8, 4) is 5.75 Å². The molecule has 1 aliphatic rings. The molecule has 1 heterocycles. The molecular weight excluding hydrogens is 429 g/mol. The van der Waals surface area contributed by atoms with E-state index in [1.165, 1.54) is 6.92 Å². The maximum absolute atomic E-state index is 15.1. The van der Waals surface area contributed by atoms with Crippen LogP contribution in [0.15, 0.2) is 35.3 Å². The summed E-state index contributed by atoms with van der Waals surface area (Å²) in [6.45, 7) is 5.06. The van der Waals surface area contributed by atoms with Crippen molar-refractivity contribution in [1.82, 2.24) is 4.98 Å². The van der Waals surface area contributed by atoms with Crippen LogP contribution in [0.3, 0.4) is 0 Å². The van der Waals surface area contributed by atoms with Gasteiger partial charge in [-0.2, -0.15) is 0 Å². The third-order valence-corrected chi connectivity index (χ3v) is 7.25. The van der Waals surface area contributed by atoms with Crippen LogP contribution < -0.4 is 16.0 Å². The van der Waals surface area contributed by atoms with E-state index in [9.17, 15) is 13.6 Å². The molecule has 0 spiro atoms. The summed E-state index contributed by atoms with van der Waals surface area (Å²) in [5.74, 6) is -2.22. The molecule has 0 saturated heterocycles. The summed E-state index contributed by atoms with van der Waals surface area (Å²) in [6, 6.07) is 6.08. The number of benzene rings is 2. The second-order valence-electron chi connectivity index (χ2n) is 9.16. The van der Waals surface area contributed by atoms with E-state index in [0.29, 0.717) is 43.2 Å². The zero-order chi connectivity index (χ0) is 23.9. The van der Waals surface area contributed by atoms with Crippen molar-refractivity contribution in [2.24, 2.45) is 5.73 Å². The number of rotatable bonds is 5. The van der Waals surface area contributed by atoms with Gasteiger partial charge in [-0.25, -0.2) is 13.2 Å². The Morgan fingerprint density at radius 3 is 2.52 bits per heavy atom. The molecule has 0 radical (unpaired) electrons. The van der Waals surface area contributed by atoms with Crippen LogP contribution in [0, 0.1) is 31.3 Å². The van der Waals surface area contributed by atoms with Crippen LogP contribution in [0.2, 0.25) is 0 Å². The first-order valence-corrected chi connectivity index (χ1v) is 11.4. The molecule has 176 valence electrons. The highest BCUT2D eigenvalue weighted by atomic mass is 19.2. The number of nitrogens with two attached hydrogens (primary N) is 1. The third-order valence-electron chi connectivity index (χ3n) is 7.25. The Labute approximate surface area is 191 Å². The van der Waals surface area contributed by atoms with Gasteiger partial charge in [0.15, 0.2) is 11.6 Å². The highest BCUT2D eigenvalue weighted by Crippen LogP contribution is 2.45. The summed E-state index contributed by atoms with van der Waals surface area (Å²) >= 11 is 0. The fourth-order valence-electron chi connectivity index (χ4n) is 5.18. The van der Waals surface area contributed by atoms with Gasteiger partial charge in [-0.1, -0.05) is 6.92 Å². The first kappa shape index (κ1) is 23.4. The number of aryl methyl sites for hydroxylation is 1. The molecule has 1 fully saturated rings. The minimum absolute atomic E-state index is 0.130. The molecular formula is C26H29F3N2O2. The zero-order valence-corrected chi connectivity index (χ0v) is 19.1. The Kier molecular flexibility index (Phi) is 6.27. The van der Waals surface area contributed by atoms with Crippen LogP contribution in [-0.2, 0) is 5.41 Å². The lowest BCUT2D eigenvalue weighted by Gasteiger charge is -2.44. The number of fused-ring (bicyclic) bond motifs is 1. The van der Waals surface area contributed by atoms with Crippen molar-refractivity contribution in [3.63, 3.8) is 0 Å². The summed E-state index contributed by atoms with van der Waals surface area (Å²) in [5, 5.41) is 1.39. The van der Waals surface area contributed by atoms with Gasteiger partial charge in [0, 0.05) is 28.6 Å². The standard InChI is InChI=1S/C26H29F3N2O2/c1-4-22(30)26(19-13-20(27)24(29)15(3)23(19)28)8-5-17(6-9-26)33-21-12-16-7-10-31-25(32)18(16)11-14(21)2/h7,10-13,17,22H,4-6,8-9,30H2,1-3H3,(H,31,32). The minimum atomic E-state index is -1.15. The van der Waals surface area contributed by atoms with Gasteiger partial charge in [0.25, 0.3) is 5.56 Å². The highest BCUT2D eigenvalue weighted by molar-refractivity contribution is 5.83. The molecule has 7 heteroatoms. The molecule has 1 unspecified atom stereocenters. The van der Waals surface area contributed by atoms with Gasteiger partial charge in [-0.3, -0.25) is 4.79 Å². The molecule has 33 heavy (non-hydrogen) atoms. The predicted octanol–water partition coefficient (Wildman–Crippen LogP) is 5.56. The first-order valence-electron chi connectivity index (χ1n) is 11.4. The summed E-state index contributed by atoms with van der Waals surface area (Å²) in [5.41, 5.74) is 6.22. The van der Waals surface area contributed by atoms with Gasteiger partial charge in [0.1, 0.15) is 11.6 Å². The van der Waals surface area contributed by atoms with E-state index in [4.69, 9.17) is 10.5 Å². The monoisotopic (exact) mass is 458 g/mol. The van der Waals surface area contributed by atoms with E-state index >= 15 is 4.39 Å². The molecule has 1 saturated carbocycles. The topological polar surface area (TPSA) is 68.1 Å². The molecule has 2 aromatic carbocycles. The van der Waals surface area contributed by atoms with Crippen LogP contribution >= 0.6 is 0 Å². The summed E-state index contributed by atoms with van der Waals surface area (Å²) in [4.78, 5) is 14.7. The second-order valence-corrected chi connectivity index (χ2v) is 9.16. The number of halogens is 3. The maximum Gasteiger partial charge on any atom is 0.255 e. The predicted molar refractivity (Wildman–Crippen MR) is 123 cm³/mol. The van der Waals surface area contributed by atoms with Crippen LogP contribution in [0.5, 0.6) is 5.75 Å². The Morgan fingerprint density at radius 2 is 1.85 bits per heavy atom. The molecule has 0 bridgehead atoms. The molecule has 1 aromatic heterocycles. The third kappa shape index (κ3) is 4.03. The van der Waals surface area contributed by atoms with E-state index in [2.05, 4.69) is 4.98 Å². The van der Waals surface area contributed by atoms with Crippen LogP contribution in [-0.4, -0.2) is 17.1 Å². The number of ether oxygens (including phenoxy) is 1. The first-order chi connectivity index (χ1) is 15.7. The largest absolute Gasteiger partial charge is 0.490 e. The van der Waals surface area contributed by atoms with E-state index in [1.807, 2.05) is 32.0 Å². The average molecular weight is 459 g/mol. The normalized spacial score (nSPS) is 21.8. The van der Waals surface area contributed by atoms with Gasteiger partial charge in [0.2, 0.25) is 0 Å². The van der Waals surface area contributed by atoms with Crippen LogP contribution in [0.25, 0.3) is 10.8 Å². The Balaban J connectivity index is 1.61. The summed E-state index contributed by atoms with van der Waals surface area (Å²) < 4.78 is 49.6. The van der Waals surface area contributed by atoms with Gasteiger partial charge < -0.3 is 15.5 Å². The van der Waals surface area contributed by atoms with Crippen molar-refractivity contribution < 1.29 is 17.9 Å². The number of pyridine rings is 1. The van der Waals surface area contributed by atoms with Crippen LogP contribution in [0.1, 0.15) is 55.7 Å². The molecule has 1 aliphatic carbocycles. The number of hydrogen-bond donors (Lipinski definition) is 2. The molecule has 1 atom stereocenters. The maximum atomic E-state index is 15.1. The minimum Gasteiger partial charge on any atom is -0.490 e. The lowest BCUT2D eigenvalue weighted by atomic mass is 9.63. The molecule has 4 rings (SSSR count). The molecule has 3 aromatic rings. The van der Waals surface area contributed by atoms with Crippen molar-refractivity contribution >= 4 is 10.8 Å². The SMILES string of the molecule is CCC(N)C1(c2cc(F)c(F)c(C)c2F)CCC(Oc2cc3cc[nH]c(=O)c3cc2C)CC1. The van der Waals surface area contributed by atoms with Gasteiger partial charge in [-0.15, -0.1) is 0 Å². The molecule has 0 aliphatic heterocycles. The smallest absolute Gasteiger partial charge is 0.255 e.